The molecule has 4 aromatic carbocycles. The number of benzene rings is 4. The molecule has 1 fully saturated rings. The number of para-hydroxylation sites is 1. The standard InChI is InChI=1S/C32H26F5N3S/c33-26-12-7-13-27(34)29(26)40-31(28(22-8-3-1-4-9-22)30(41-40)23-10-5-2-6-11-23)39-20-18-38(19-21-39)25-16-14-24(15-17-25)32(35,36)37/h1-17,31H,18-21H2. The fourth-order valence-electron chi connectivity index (χ4n) is 5.41. The molecule has 3 nitrogen and oxygen atoms in total. The van der Waals surface area contributed by atoms with Crippen LogP contribution in [0.2, 0.25) is 0 Å². The van der Waals surface area contributed by atoms with Gasteiger partial charge in [0, 0.05) is 42.3 Å². The van der Waals surface area contributed by atoms with Gasteiger partial charge >= 0.3 is 6.18 Å². The van der Waals surface area contributed by atoms with Crippen LogP contribution in [0.1, 0.15) is 16.7 Å². The molecule has 0 N–H and O–H groups in total. The third-order valence-electron chi connectivity index (χ3n) is 7.41. The Labute approximate surface area is 239 Å². The number of rotatable bonds is 5. The van der Waals surface area contributed by atoms with Crippen LogP contribution >= 0.6 is 11.9 Å². The van der Waals surface area contributed by atoms with Crippen molar-refractivity contribution >= 4 is 33.8 Å². The van der Waals surface area contributed by atoms with Gasteiger partial charge in [0.25, 0.3) is 0 Å². The maximum atomic E-state index is 15.3. The smallest absolute Gasteiger partial charge is 0.369 e. The number of anilines is 2. The van der Waals surface area contributed by atoms with Gasteiger partial charge in [0.2, 0.25) is 0 Å². The summed E-state index contributed by atoms with van der Waals surface area (Å²) in [6, 6.07) is 28.7. The fraction of sp³-hybridized carbons (Fsp3) is 0.188. The van der Waals surface area contributed by atoms with Crippen LogP contribution in [-0.4, -0.2) is 37.2 Å². The molecule has 2 aliphatic rings. The van der Waals surface area contributed by atoms with Crippen molar-refractivity contribution in [3.63, 3.8) is 0 Å². The number of halogens is 5. The molecule has 0 saturated carbocycles. The molecule has 0 aliphatic carbocycles. The topological polar surface area (TPSA) is 9.72 Å². The Morgan fingerprint density at radius 1 is 0.634 bits per heavy atom. The average molecular weight is 580 g/mol. The van der Waals surface area contributed by atoms with Gasteiger partial charge in [-0.3, -0.25) is 9.21 Å². The van der Waals surface area contributed by atoms with E-state index in [2.05, 4.69) is 4.90 Å². The molecule has 1 unspecified atom stereocenters. The van der Waals surface area contributed by atoms with Crippen LogP contribution in [0, 0.1) is 11.6 Å². The minimum atomic E-state index is -4.39. The Balaban J connectivity index is 1.38. The van der Waals surface area contributed by atoms with E-state index < -0.39 is 29.5 Å². The van der Waals surface area contributed by atoms with Crippen molar-refractivity contribution in [2.75, 3.05) is 35.4 Å². The van der Waals surface area contributed by atoms with E-state index in [9.17, 15) is 13.2 Å². The van der Waals surface area contributed by atoms with E-state index in [1.54, 1.807) is 4.31 Å². The lowest BCUT2D eigenvalue weighted by Crippen LogP contribution is -2.54. The van der Waals surface area contributed by atoms with Gasteiger partial charge in [0.05, 0.1) is 5.56 Å². The van der Waals surface area contributed by atoms with Gasteiger partial charge < -0.3 is 4.90 Å². The number of nitrogens with zero attached hydrogens (tertiary/aromatic N) is 3. The molecular weight excluding hydrogens is 553 g/mol. The largest absolute Gasteiger partial charge is 0.416 e. The summed E-state index contributed by atoms with van der Waals surface area (Å²) in [5.74, 6) is -1.29. The van der Waals surface area contributed by atoms with Crippen LogP contribution in [-0.2, 0) is 6.18 Å². The van der Waals surface area contributed by atoms with Crippen LogP contribution in [0.3, 0.4) is 0 Å². The van der Waals surface area contributed by atoms with E-state index in [0.29, 0.717) is 31.9 Å². The fourth-order valence-corrected chi connectivity index (χ4v) is 6.78. The monoisotopic (exact) mass is 579 g/mol. The molecule has 0 spiro atoms. The Morgan fingerprint density at radius 3 is 1.76 bits per heavy atom. The van der Waals surface area contributed by atoms with Crippen LogP contribution in [0.15, 0.2) is 103 Å². The number of piperazine rings is 1. The molecule has 1 atom stereocenters. The van der Waals surface area contributed by atoms with E-state index >= 15 is 8.78 Å². The summed E-state index contributed by atoms with van der Waals surface area (Å²) in [4.78, 5) is 5.14. The number of hydrogen-bond donors (Lipinski definition) is 0. The quantitative estimate of drug-likeness (QED) is 0.174. The molecule has 9 heteroatoms. The Hall–Kier alpha value is -3.82. The molecule has 2 heterocycles. The molecule has 4 aromatic rings. The second-order valence-corrected chi connectivity index (χ2v) is 10.9. The highest BCUT2D eigenvalue weighted by Gasteiger charge is 2.42. The van der Waals surface area contributed by atoms with Crippen molar-refractivity contribution in [1.29, 1.82) is 0 Å². The van der Waals surface area contributed by atoms with Crippen molar-refractivity contribution in [1.82, 2.24) is 4.90 Å². The normalized spacial score (nSPS) is 18.3. The number of alkyl halides is 3. The molecule has 41 heavy (non-hydrogen) atoms. The first-order chi connectivity index (χ1) is 19.8. The third-order valence-corrected chi connectivity index (χ3v) is 8.63. The Kier molecular flexibility index (Phi) is 7.48. The predicted octanol–water partition coefficient (Wildman–Crippen LogP) is 8.17. The molecule has 210 valence electrons. The second kappa shape index (κ2) is 11.2. The molecular formula is C32H26F5N3S. The van der Waals surface area contributed by atoms with E-state index in [1.165, 1.54) is 42.3 Å². The predicted molar refractivity (Wildman–Crippen MR) is 155 cm³/mol. The first kappa shape index (κ1) is 27.4. The van der Waals surface area contributed by atoms with Gasteiger partial charge in [0.1, 0.15) is 23.5 Å². The minimum Gasteiger partial charge on any atom is -0.369 e. The number of hydrogen-bond acceptors (Lipinski definition) is 4. The van der Waals surface area contributed by atoms with Crippen molar-refractivity contribution < 1.29 is 22.0 Å². The zero-order valence-corrected chi connectivity index (χ0v) is 22.7. The maximum Gasteiger partial charge on any atom is 0.416 e. The van der Waals surface area contributed by atoms with Crippen molar-refractivity contribution in [2.45, 2.75) is 12.3 Å². The minimum absolute atomic E-state index is 0.105. The first-order valence-corrected chi connectivity index (χ1v) is 14.0. The van der Waals surface area contributed by atoms with Gasteiger partial charge in [-0.05, 0) is 59.5 Å². The van der Waals surface area contributed by atoms with Crippen molar-refractivity contribution in [3.05, 3.63) is 131 Å². The van der Waals surface area contributed by atoms with Crippen LogP contribution in [0.5, 0.6) is 0 Å². The SMILES string of the molecule is Fc1cccc(F)c1N1SC(c2ccccc2)=C(c2ccccc2)C1N1CCN(c2ccc(C(F)(F)F)cc2)CC1. The molecule has 0 radical (unpaired) electrons. The highest BCUT2D eigenvalue weighted by atomic mass is 32.2. The lowest BCUT2D eigenvalue weighted by molar-refractivity contribution is -0.137. The summed E-state index contributed by atoms with van der Waals surface area (Å²) in [6.45, 7) is 2.17. The zero-order chi connectivity index (χ0) is 28.6. The van der Waals surface area contributed by atoms with Gasteiger partial charge in [-0.15, -0.1) is 0 Å². The van der Waals surface area contributed by atoms with Gasteiger partial charge in [-0.1, -0.05) is 66.7 Å². The lowest BCUT2D eigenvalue weighted by Gasteiger charge is -2.43. The first-order valence-electron chi connectivity index (χ1n) is 13.2. The zero-order valence-electron chi connectivity index (χ0n) is 21.9. The Morgan fingerprint density at radius 2 is 1.20 bits per heavy atom. The summed E-state index contributed by atoms with van der Waals surface area (Å²) in [5, 5.41) is 0. The summed E-state index contributed by atoms with van der Waals surface area (Å²) in [5.41, 5.74) is 2.77. The van der Waals surface area contributed by atoms with Gasteiger partial charge in [-0.2, -0.15) is 13.2 Å². The molecule has 1 saturated heterocycles. The van der Waals surface area contributed by atoms with Crippen LogP contribution in [0.4, 0.5) is 33.3 Å². The molecule has 2 aliphatic heterocycles. The van der Waals surface area contributed by atoms with Crippen molar-refractivity contribution in [3.8, 4) is 0 Å². The highest BCUT2D eigenvalue weighted by Crippen LogP contribution is 2.52. The third kappa shape index (κ3) is 5.44. The summed E-state index contributed by atoms with van der Waals surface area (Å²) >= 11 is 1.32. The lowest BCUT2D eigenvalue weighted by atomic mass is 9.98. The Bertz CT molecular complexity index is 1510. The van der Waals surface area contributed by atoms with E-state index in [4.69, 9.17) is 0 Å². The van der Waals surface area contributed by atoms with E-state index in [1.807, 2.05) is 65.6 Å². The van der Waals surface area contributed by atoms with E-state index in [0.717, 1.165) is 33.7 Å². The van der Waals surface area contributed by atoms with Crippen LogP contribution in [0.25, 0.3) is 10.5 Å². The van der Waals surface area contributed by atoms with E-state index in [-0.39, 0.29) is 5.69 Å². The molecule has 6 rings (SSSR count). The van der Waals surface area contributed by atoms with Crippen LogP contribution < -0.4 is 9.21 Å². The van der Waals surface area contributed by atoms with Gasteiger partial charge in [-0.25, -0.2) is 8.78 Å². The maximum absolute atomic E-state index is 15.3. The van der Waals surface area contributed by atoms with Crippen molar-refractivity contribution in [2.24, 2.45) is 0 Å². The summed E-state index contributed by atoms with van der Waals surface area (Å²) < 4.78 is 71.5. The summed E-state index contributed by atoms with van der Waals surface area (Å²) in [6.07, 6.45) is -4.88. The molecule has 0 amide bonds. The highest BCUT2D eigenvalue weighted by molar-refractivity contribution is 8.10. The second-order valence-electron chi connectivity index (χ2n) is 9.90. The van der Waals surface area contributed by atoms with Gasteiger partial charge in [0.15, 0.2) is 0 Å². The summed E-state index contributed by atoms with van der Waals surface area (Å²) in [7, 11) is 0. The molecule has 0 bridgehead atoms. The average Bonchev–Trinajstić information content (AvgIpc) is 3.38. The molecule has 0 aromatic heterocycles.